The molecule has 0 saturated heterocycles. The number of amides is 1. The third-order valence-electron chi connectivity index (χ3n) is 5.18. The van der Waals surface area contributed by atoms with Gasteiger partial charge in [0.05, 0.1) is 27.5 Å². The number of carbonyl (C=O) groups excluding carboxylic acids is 1. The number of fused-ring (bicyclic) bond motifs is 1. The molecule has 0 bridgehead atoms. The number of hydrogen-bond acceptors (Lipinski definition) is 5. The summed E-state index contributed by atoms with van der Waals surface area (Å²) < 4.78 is 1.59. The average molecular weight is 518 g/mol. The van der Waals surface area contributed by atoms with Gasteiger partial charge in [-0.1, -0.05) is 59.6 Å². The number of anilines is 1. The van der Waals surface area contributed by atoms with Gasteiger partial charge >= 0.3 is 0 Å². The highest BCUT2D eigenvalue weighted by Gasteiger charge is 2.19. The Morgan fingerprint density at radius 2 is 1.88 bits per heavy atom. The van der Waals surface area contributed by atoms with Gasteiger partial charge in [0, 0.05) is 9.90 Å². The van der Waals surface area contributed by atoms with Crippen LogP contribution in [0.1, 0.15) is 22.9 Å². The van der Waals surface area contributed by atoms with Crippen molar-refractivity contribution in [2.45, 2.75) is 32.3 Å². The number of thiophene rings is 1. The van der Waals surface area contributed by atoms with Gasteiger partial charge in [-0.25, -0.2) is 4.98 Å². The summed E-state index contributed by atoms with van der Waals surface area (Å²) >= 11 is 14.8. The fourth-order valence-corrected chi connectivity index (χ4v) is 5.90. The van der Waals surface area contributed by atoms with Crippen LogP contribution >= 0.6 is 46.3 Å². The smallest absolute Gasteiger partial charge is 0.267 e. The third-order valence-corrected chi connectivity index (χ3v) is 8.00. The van der Waals surface area contributed by atoms with E-state index >= 15 is 0 Å². The van der Waals surface area contributed by atoms with E-state index in [1.54, 1.807) is 22.8 Å². The summed E-state index contributed by atoms with van der Waals surface area (Å²) in [6.45, 7) is 6.03. The quantitative estimate of drug-likeness (QED) is 0.229. The van der Waals surface area contributed by atoms with Crippen LogP contribution in [-0.2, 0) is 11.2 Å². The number of carbonyl (C=O) groups is 1. The van der Waals surface area contributed by atoms with Gasteiger partial charge in [0.1, 0.15) is 4.83 Å². The van der Waals surface area contributed by atoms with Crippen molar-refractivity contribution in [2.24, 2.45) is 0 Å². The van der Waals surface area contributed by atoms with Crippen LogP contribution in [-0.4, -0.2) is 21.2 Å². The molecule has 2 aromatic carbocycles. The third kappa shape index (κ3) is 4.96. The maximum absolute atomic E-state index is 13.6. The molecule has 9 heteroatoms. The second-order valence-electron chi connectivity index (χ2n) is 7.52. The number of hydrogen-bond donors (Lipinski definition) is 1. The van der Waals surface area contributed by atoms with E-state index in [2.05, 4.69) is 12.2 Å². The lowest BCUT2D eigenvalue weighted by atomic mass is 10.2. The molecule has 1 amide bonds. The second-order valence-corrected chi connectivity index (χ2v) is 10.4. The van der Waals surface area contributed by atoms with Gasteiger partial charge in [0.25, 0.3) is 5.56 Å². The van der Waals surface area contributed by atoms with E-state index in [-0.39, 0.29) is 17.2 Å². The molecule has 4 rings (SSSR count). The van der Waals surface area contributed by atoms with Gasteiger partial charge in [-0.3, -0.25) is 14.2 Å². The highest BCUT2D eigenvalue weighted by molar-refractivity contribution is 7.99. The lowest BCUT2D eigenvalue weighted by molar-refractivity contribution is -0.113. The molecular formula is C24H21Cl2N3O2S2. The maximum Gasteiger partial charge on any atom is 0.267 e. The Bertz CT molecular complexity index is 1410. The van der Waals surface area contributed by atoms with Crippen LogP contribution in [0.25, 0.3) is 15.9 Å². The first-order chi connectivity index (χ1) is 15.8. The van der Waals surface area contributed by atoms with Gasteiger partial charge in [-0.2, -0.15) is 0 Å². The fourth-order valence-electron chi connectivity index (χ4n) is 3.47. The van der Waals surface area contributed by atoms with Gasteiger partial charge < -0.3 is 5.32 Å². The highest BCUT2D eigenvalue weighted by Crippen LogP contribution is 2.31. The number of aromatic nitrogens is 2. The SMILES string of the molecule is CCc1sc2nc(SCC(=O)Nc3ccc(Cl)cc3Cl)n(-c3ccc(C)cc3)c(=O)c2c1C. The molecule has 0 fully saturated rings. The predicted octanol–water partition coefficient (Wildman–Crippen LogP) is 6.66. The number of thioether (sulfide) groups is 1. The van der Waals surface area contributed by atoms with Crippen molar-refractivity contribution in [3.05, 3.63) is 78.9 Å². The molecule has 0 atom stereocenters. The normalized spacial score (nSPS) is 11.2. The van der Waals surface area contributed by atoms with E-state index in [0.29, 0.717) is 36.8 Å². The summed E-state index contributed by atoms with van der Waals surface area (Å²) in [6, 6.07) is 12.6. The Hall–Kier alpha value is -2.32. The standard InChI is InChI=1S/C24H21Cl2N3O2S2/c1-4-19-14(3)21-22(33-19)28-24(29(23(21)31)16-8-5-13(2)6-9-16)32-12-20(30)27-18-10-7-15(25)11-17(18)26/h5-11H,4,12H2,1-3H3,(H,27,30). The number of nitrogens with zero attached hydrogens (tertiary/aromatic N) is 2. The number of benzene rings is 2. The molecule has 0 unspecified atom stereocenters. The minimum absolute atomic E-state index is 0.0632. The number of aryl methyl sites for hydroxylation is 3. The Labute approximate surface area is 209 Å². The molecule has 2 heterocycles. The van der Waals surface area contributed by atoms with Crippen molar-refractivity contribution in [2.75, 3.05) is 11.1 Å². The lowest BCUT2D eigenvalue weighted by Gasteiger charge is -2.13. The largest absolute Gasteiger partial charge is 0.324 e. The summed E-state index contributed by atoms with van der Waals surface area (Å²) in [7, 11) is 0. The minimum Gasteiger partial charge on any atom is -0.324 e. The van der Waals surface area contributed by atoms with E-state index in [4.69, 9.17) is 28.2 Å². The van der Waals surface area contributed by atoms with Crippen molar-refractivity contribution in [1.82, 2.24) is 9.55 Å². The summed E-state index contributed by atoms with van der Waals surface area (Å²) in [5, 5.41) is 4.74. The van der Waals surface area contributed by atoms with Crippen LogP contribution in [0.4, 0.5) is 5.69 Å². The van der Waals surface area contributed by atoms with Crippen molar-refractivity contribution >= 4 is 68.1 Å². The van der Waals surface area contributed by atoms with Crippen LogP contribution in [0.3, 0.4) is 0 Å². The molecule has 0 spiro atoms. The monoisotopic (exact) mass is 517 g/mol. The Kier molecular flexibility index (Phi) is 7.14. The van der Waals surface area contributed by atoms with E-state index in [1.807, 2.05) is 38.1 Å². The first-order valence-corrected chi connectivity index (χ1v) is 12.8. The molecule has 4 aromatic rings. The maximum atomic E-state index is 13.6. The molecule has 1 N–H and O–H groups in total. The molecule has 0 aliphatic rings. The summed E-state index contributed by atoms with van der Waals surface area (Å²) in [6.07, 6.45) is 0.837. The molecule has 0 aliphatic heterocycles. The van der Waals surface area contributed by atoms with Crippen molar-refractivity contribution in [1.29, 1.82) is 0 Å². The van der Waals surface area contributed by atoms with E-state index < -0.39 is 0 Å². The van der Waals surface area contributed by atoms with Crippen molar-refractivity contribution in [3.8, 4) is 5.69 Å². The van der Waals surface area contributed by atoms with Crippen LogP contribution in [0.5, 0.6) is 0 Å². The molecular weight excluding hydrogens is 497 g/mol. The predicted molar refractivity (Wildman–Crippen MR) is 140 cm³/mol. The van der Waals surface area contributed by atoms with Crippen molar-refractivity contribution in [3.63, 3.8) is 0 Å². The van der Waals surface area contributed by atoms with Crippen LogP contribution < -0.4 is 10.9 Å². The first-order valence-electron chi connectivity index (χ1n) is 10.3. The molecule has 0 radical (unpaired) electrons. The number of nitrogens with one attached hydrogen (secondary N) is 1. The molecule has 170 valence electrons. The van der Waals surface area contributed by atoms with Crippen LogP contribution in [0.2, 0.25) is 10.0 Å². The van der Waals surface area contributed by atoms with E-state index in [9.17, 15) is 9.59 Å². The van der Waals surface area contributed by atoms with Gasteiger partial charge in [-0.15, -0.1) is 11.3 Å². The van der Waals surface area contributed by atoms with Crippen LogP contribution in [0, 0.1) is 13.8 Å². The summed E-state index contributed by atoms with van der Waals surface area (Å²) in [5.41, 5.74) is 3.14. The fraction of sp³-hybridized carbons (Fsp3) is 0.208. The molecule has 0 aliphatic carbocycles. The molecule has 2 aromatic heterocycles. The Balaban J connectivity index is 1.71. The second kappa shape index (κ2) is 9.89. The average Bonchev–Trinajstić information content (AvgIpc) is 3.11. The summed E-state index contributed by atoms with van der Waals surface area (Å²) in [4.78, 5) is 32.8. The minimum atomic E-state index is -0.259. The van der Waals surface area contributed by atoms with Gasteiger partial charge in [-0.05, 0) is 56.2 Å². The van der Waals surface area contributed by atoms with Gasteiger partial charge in [0.15, 0.2) is 5.16 Å². The zero-order chi connectivity index (χ0) is 23.7. The molecule has 33 heavy (non-hydrogen) atoms. The van der Waals surface area contributed by atoms with Crippen molar-refractivity contribution < 1.29 is 4.79 Å². The zero-order valence-electron chi connectivity index (χ0n) is 18.2. The molecule has 5 nitrogen and oxygen atoms in total. The van der Waals surface area contributed by atoms with Gasteiger partial charge in [0.2, 0.25) is 5.91 Å². The highest BCUT2D eigenvalue weighted by atomic mass is 35.5. The first kappa shape index (κ1) is 23.8. The number of halogens is 2. The lowest BCUT2D eigenvalue weighted by Crippen LogP contribution is -2.23. The van der Waals surface area contributed by atoms with E-state index in [1.165, 1.54) is 23.1 Å². The zero-order valence-corrected chi connectivity index (χ0v) is 21.4. The molecule has 0 saturated carbocycles. The topological polar surface area (TPSA) is 64.0 Å². The Morgan fingerprint density at radius 3 is 2.55 bits per heavy atom. The van der Waals surface area contributed by atoms with Crippen LogP contribution in [0.15, 0.2) is 52.4 Å². The Morgan fingerprint density at radius 1 is 1.15 bits per heavy atom. The summed E-state index contributed by atoms with van der Waals surface area (Å²) in [5.74, 6) is -0.195. The number of rotatable bonds is 6. The van der Waals surface area contributed by atoms with E-state index in [0.717, 1.165) is 22.4 Å².